The van der Waals surface area contributed by atoms with Crippen molar-refractivity contribution < 1.29 is 22.0 Å². The molecule has 2 N–H and O–H groups in total. The van der Waals surface area contributed by atoms with Gasteiger partial charge in [-0.05, 0) is 11.4 Å². The summed E-state index contributed by atoms with van der Waals surface area (Å²) in [4.78, 5) is 0.249. The SMILES string of the molecule is N#C/C(=C(/N)c1c(F)c(F)c(F)c(F)c1F)c1cccs1. The molecule has 108 valence electrons. The summed E-state index contributed by atoms with van der Waals surface area (Å²) in [6.45, 7) is 0. The number of thiophene rings is 1. The van der Waals surface area contributed by atoms with Gasteiger partial charge in [-0.15, -0.1) is 11.3 Å². The number of benzene rings is 1. The molecule has 2 nitrogen and oxygen atoms in total. The summed E-state index contributed by atoms with van der Waals surface area (Å²) < 4.78 is 66.6. The maximum absolute atomic E-state index is 13.7. The number of nitrogens with zero attached hydrogens (tertiary/aromatic N) is 1. The van der Waals surface area contributed by atoms with E-state index >= 15 is 0 Å². The topological polar surface area (TPSA) is 49.8 Å². The summed E-state index contributed by atoms with van der Waals surface area (Å²) in [6, 6.07) is 4.58. The van der Waals surface area contributed by atoms with Gasteiger partial charge in [0.05, 0.1) is 16.8 Å². The standard InChI is InChI=1S/C13H5F5N2S/c14-8-7(9(15)11(17)12(18)10(8)16)13(20)5(4-19)6-2-1-3-21-6/h1-3H,20H2/b13-5-. The number of nitrogens with two attached hydrogens (primary N) is 1. The number of rotatable bonds is 2. The van der Waals surface area contributed by atoms with Gasteiger partial charge in [-0.1, -0.05) is 6.07 Å². The van der Waals surface area contributed by atoms with Crippen LogP contribution in [0.2, 0.25) is 0 Å². The molecule has 0 aliphatic heterocycles. The number of halogens is 5. The molecule has 0 spiro atoms. The molecule has 1 aromatic heterocycles. The van der Waals surface area contributed by atoms with Gasteiger partial charge in [0.1, 0.15) is 6.07 Å². The van der Waals surface area contributed by atoms with E-state index in [4.69, 9.17) is 11.0 Å². The molecule has 0 bridgehead atoms. The first-order valence-electron chi connectivity index (χ1n) is 5.35. The van der Waals surface area contributed by atoms with Crippen molar-refractivity contribution in [1.29, 1.82) is 5.26 Å². The van der Waals surface area contributed by atoms with Gasteiger partial charge in [-0.3, -0.25) is 0 Å². The largest absolute Gasteiger partial charge is 0.397 e. The third-order valence-corrected chi connectivity index (χ3v) is 3.52. The quantitative estimate of drug-likeness (QED) is 0.396. The monoisotopic (exact) mass is 316 g/mol. The van der Waals surface area contributed by atoms with E-state index in [-0.39, 0.29) is 10.5 Å². The zero-order valence-electron chi connectivity index (χ0n) is 10.1. The van der Waals surface area contributed by atoms with Gasteiger partial charge in [0.2, 0.25) is 5.82 Å². The molecule has 0 aliphatic carbocycles. The lowest BCUT2D eigenvalue weighted by molar-refractivity contribution is 0.376. The van der Waals surface area contributed by atoms with Crippen LogP contribution in [-0.4, -0.2) is 0 Å². The summed E-state index contributed by atoms with van der Waals surface area (Å²) in [5.74, 6) is -10.7. The first-order chi connectivity index (χ1) is 9.90. The summed E-state index contributed by atoms with van der Waals surface area (Å²) in [7, 11) is 0. The molecule has 0 saturated carbocycles. The Morgan fingerprint density at radius 1 is 1.00 bits per heavy atom. The van der Waals surface area contributed by atoms with Crippen LogP contribution in [0.1, 0.15) is 10.4 Å². The molecule has 0 saturated heterocycles. The lowest BCUT2D eigenvalue weighted by Gasteiger charge is -2.09. The van der Waals surface area contributed by atoms with E-state index in [0.717, 1.165) is 11.3 Å². The second kappa shape index (κ2) is 5.54. The predicted molar refractivity (Wildman–Crippen MR) is 67.2 cm³/mol. The smallest absolute Gasteiger partial charge is 0.200 e. The van der Waals surface area contributed by atoms with Crippen molar-refractivity contribution in [2.24, 2.45) is 5.73 Å². The highest BCUT2D eigenvalue weighted by molar-refractivity contribution is 7.11. The van der Waals surface area contributed by atoms with E-state index in [1.54, 1.807) is 17.5 Å². The fourth-order valence-electron chi connectivity index (χ4n) is 1.64. The van der Waals surface area contributed by atoms with Crippen LogP contribution in [0.15, 0.2) is 17.5 Å². The van der Waals surface area contributed by atoms with Crippen LogP contribution in [0.4, 0.5) is 22.0 Å². The average molecular weight is 316 g/mol. The van der Waals surface area contributed by atoms with Gasteiger partial charge >= 0.3 is 0 Å². The molecule has 2 aromatic rings. The number of allylic oxidation sites excluding steroid dienone is 1. The van der Waals surface area contributed by atoms with Crippen LogP contribution in [0, 0.1) is 40.4 Å². The van der Waals surface area contributed by atoms with E-state index in [2.05, 4.69) is 0 Å². The molecule has 0 amide bonds. The lowest BCUT2D eigenvalue weighted by Crippen LogP contribution is -2.11. The Morgan fingerprint density at radius 3 is 1.95 bits per heavy atom. The maximum Gasteiger partial charge on any atom is 0.200 e. The Kier molecular flexibility index (Phi) is 3.95. The normalized spacial score (nSPS) is 12.0. The fourth-order valence-corrected chi connectivity index (χ4v) is 2.37. The Morgan fingerprint density at radius 2 is 1.52 bits per heavy atom. The molecule has 0 fully saturated rings. The van der Waals surface area contributed by atoms with Gasteiger partial charge in [-0.25, -0.2) is 22.0 Å². The van der Waals surface area contributed by atoms with Crippen molar-refractivity contribution in [2.75, 3.05) is 0 Å². The second-order valence-electron chi connectivity index (χ2n) is 3.82. The van der Waals surface area contributed by atoms with Crippen LogP contribution >= 0.6 is 11.3 Å². The average Bonchev–Trinajstić information content (AvgIpc) is 2.98. The first kappa shape index (κ1) is 15.0. The zero-order valence-corrected chi connectivity index (χ0v) is 10.9. The lowest BCUT2D eigenvalue weighted by atomic mass is 10.0. The minimum absolute atomic E-state index is 0.249. The molecule has 0 unspecified atom stereocenters. The van der Waals surface area contributed by atoms with Gasteiger partial charge in [0.25, 0.3) is 0 Å². The summed E-state index contributed by atoms with van der Waals surface area (Å²) in [6.07, 6.45) is 0. The molecule has 0 radical (unpaired) electrons. The molecule has 21 heavy (non-hydrogen) atoms. The summed E-state index contributed by atoms with van der Waals surface area (Å²) in [5, 5.41) is 10.6. The Hall–Kier alpha value is -2.40. The molecule has 0 aliphatic rings. The van der Waals surface area contributed by atoms with Crippen LogP contribution < -0.4 is 5.73 Å². The minimum atomic E-state index is -2.28. The molecule has 8 heteroatoms. The van der Waals surface area contributed by atoms with Crippen molar-refractivity contribution >= 4 is 22.6 Å². The first-order valence-corrected chi connectivity index (χ1v) is 6.23. The van der Waals surface area contributed by atoms with Crippen molar-refractivity contribution in [3.8, 4) is 6.07 Å². The van der Waals surface area contributed by atoms with Gasteiger partial charge < -0.3 is 5.73 Å². The van der Waals surface area contributed by atoms with E-state index in [0.29, 0.717) is 0 Å². The predicted octanol–water partition coefficient (Wildman–Crippen LogP) is 3.79. The Balaban J connectivity index is 2.81. The molecular formula is C13H5F5N2S. The van der Waals surface area contributed by atoms with E-state index in [1.807, 2.05) is 0 Å². The van der Waals surface area contributed by atoms with Crippen LogP contribution in [-0.2, 0) is 0 Å². The van der Waals surface area contributed by atoms with Crippen LogP contribution in [0.25, 0.3) is 11.3 Å². The van der Waals surface area contributed by atoms with Crippen LogP contribution in [0.5, 0.6) is 0 Å². The Labute approximate surface area is 119 Å². The molecule has 0 atom stereocenters. The zero-order chi connectivity index (χ0) is 15.7. The highest BCUT2D eigenvalue weighted by Gasteiger charge is 2.28. The molecule has 1 heterocycles. The molecular weight excluding hydrogens is 311 g/mol. The summed E-state index contributed by atoms with van der Waals surface area (Å²) >= 11 is 1.04. The second-order valence-corrected chi connectivity index (χ2v) is 4.77. The highest BCUT2D eigenvalue weighted by atomic mass is 32.1. The highest BCUT2D eigenvalue weighted by Crippen LogP contribution is 2.31. The van der Waals surface area contributed by atoms with E-state index < -0.39 is 40.3 Å². The fraction of sp³-hybridized carbons (Fsp3) is 0. The number of hydrogen-bond acceptors (Lipinski definition) is 3. The molecule has 2 rings (SSSR count). The van der Waals surface area contributed by atoms with Gasteiger partial charge in [0.15, 0.2) is 23.3 Å². The third-order valence-electron chi connectivity index (χ3n) is 2.63. The van der Waals surface area contributed by atoms with Crippen LogP contribution in [0.3, 0.4) is 0 Å². The van der Waals surface area contributed by atoms with Crippen molar-refractivity contribution in [3.63, 3.8) is 0 Å². The number of nitriles is 1. The Bertz CT molecular complexity index is 746. The van der Waals surface area contributed by atoms with E-state index in [9.17, 15) is 22.0 Å². The van der Waals surface area contributed by atoms with Crippen molar-refractivity contribution in [2.45, 2.75) is 0 Å². The minimum Gasteiger partial charge on any atom is -0.397 e. The molecule has 1 aromatic carbocycles. The third kappa shape index (κ3) is 2.36. The van der Waals surface area contributed by atoms with Gasteiger partial charge in [0, 0.05) is 4.88 Å². The van der Waals surface area contributed by atoms with Crippen molar-refractivity contribution in [1.82, 2.24) is 0 Å². The van der Waals surface area contributed by atoms with Crippen molar-refractivity contribution in [3.05, 3.63) is 57.0 Å². The van der Waals surface area contributed by atoms with E-state index in [1.165, 1.54) is 6.07 Å². The van der Waals surface area contributed by atoms with Gasteiger partial charge in [-0.2, -0.15) is 5.26 Å². The summed E-state index contributed by atoms with van der Waals surface area (Å²) in [5.41, 5.74) is 2.97. The number of hydrogen-bond donors (Lipinski definition) is 1. The maximum atomic E-state index is 13.7.